The summed E-state index contributed by atoms with van der Waals surface area (Å²) < 4.78 is 50.7. The fraction of sp³-hybridized carbons (Fsp3) is 0.667. The maximum absolute atomic E-state index is 12.5. The fourth-order valence-corrected chi connectivity index (χ4v) is 5.32. The summed E-state index contributed by atoms with van der Waals surface area (Å²) in [6.45, 7) is 3.18. The van der Waals surface area contributed by atoms with Crippen molar-refractivity contribution in [3.8, 4) is 0 Å². The van der Waals surface area contributed by atoms with Crippen LogP contribution in [0.15, 0.2) is 24.3 Å². The Kier molecular flexibility index (Phi) is 20.6. The molecule has 0 saturated heterocycles. The summed E-state index contributed by atoms with van der Waals surface area (Å²) in [5.41, 5.74) is 0.568. The molecule has 44 heavy (non-hydrogen) atoms. The number of carbonyl (C=O) groups is 4. The van der Waals surface area contributed by atoms with E-state index in [-0.39, 0.29) is 85.1 Å². The normalized spacial score (nSPS) is 21.2. The van der Waals surface area contributed by atoms with E-state index in [1.807, 2.05) is 0 Å². The number of rotatable bonds is 14. The molecule has 2 unspecified atom stereocenters. The zero-order valence-electron chi connectivity index (χ0n) is 25.9. The Morgan fingerprint density at radius 2 is 1.32 bits per heavy atom. The Morgan fingerprint density at radius 1 is 0.795 bits per heavy atom. The van der Waals surface area contributed by atoms with Gasteiger partial charge in [0.15, 0.2) is 0 Å². The molecule has 1 aromatic rings. The van der Waals surface area contributed by atoms with Crippen LogP contribution in [0.5, 0.6) is 0 Å². The number of benzene rings is 1. The molecule has 14 heteroatoms. The second-order valence-corrected chi connectivity index (χ2v) is 11.3. The van der Waals surface area contributed by atoms with Crippen LogP contribution in [-0.2, 0) is 52.7 Å². The molecule has 2 fully saturated rings. The Bertz CT molecular complexity index is 1110. The van der Waals surface area contributed by atoms with Crippen molar-refractivity contribution >= 4 is 34.7 Å². The molecule has 0 amide bonds. The van der Waals surface area contributed by atoms with Crippen LogP contribution < -0.4 is 29.6 Å². The van der Waals surface area contributed by atoms with Gasteiger partial charge in [0.2, 0.25) is 0 Å². The van der Waals surface area contributed by atoms with Crippen LogP contribution in [0.4, 0.5) is 0 Å². The van der Waals surface area contributed by atoms with Gasteiger partial charge in [0.1, 0.15) is 19.0 Å². The van der Waals surface area contributed by atoms with E-state index >= 15 is 0 Å². The van der Waals surface area contributed by atoms with Crippen molar-refractivity contribution in [1.29, 1.82) is 0 Å². The van der Waals surface area contributed by atoms with Gasteiger partial charge in [0.25, 0.3) is 0 Å². The molecule has 1 aromatic carbocycles. The number of carbonyl (C=O) groups excluding carboxylic acids is 4. The van der Waals surface area contributed by atoms with E-state index in [2.05, 4.69) is 0 Å². The standard InChI is InChI=1S/C30H42O9.Na.HO3S/c1-21(31)24-5-3-6-25(17-24)28(32)37-15-13-36-14-16-38-29(33)26-7-4-8-27(18-26)30(34)39-20-23-11-9-22(10-12-23)19-35-2;;1-4(2)3/h4,7-8,18,22-25H,3,5-6,9-17,19-20H2,1-2H3;;(H,1,2,3)/q;+1;-1. The van der Waals surface area contributed by atoms with E-state index in [9.17, 15) is 19.2 Å². The van der Waals surface area contributed by atoms with Crippen LogP contribution in [0.3, 0.4) is 0 Å². The first-order valence-corrected chi connectivity index (χ1v) is 15.6. The van der Waals surface area contributed by atoms with Crippen LogP contribution in [0, 0.1) is 23.7 Å². The van der Waals surface area contributed by atoms with Crippen molar-refractivity contribution in [2.75, 3.05) is 46.8 Å². The van der Waals surface area contributed by atoms with Gasteiger partial charge in [-0.3, -0.25) is 9.59 Å². The van der Waals surface area contributed by atoms with Crippen molar-refractivity contribution in [2.24, 2.45) is 23.7 Å². The Morgan fingerprint density at radius 3 is 1.89 bits per heavy atom. The van der Waals surface area contributed by atoms with Crippen molar-refractivity contribution in [1.82, 2.24) is 0 Å². The van der Waals surface area contributed by atoms with Gasteiger partial charge in [-0.2, -0.15) is 0 Å². The Balaban J connectivity index is 0.00000182. The summed E-state index contributed by atoms with van der Waals surface area (Å²) >= 11 is 0. The monoisotopic (exact) mass is 650 g/mol. The number of hydrogen-bond donors (Lipinski definition) is 1. The Hall–Kier alpha value is -1.87. The summed E-state index contributed by atoms with van der Waals surface area (Å²) in [5.74, 6) is -0.521. The van der Waals surface area contributed by atoms with Gasteiger partial charge < -0.3 is 36.7 Å². The van der Waals surface area contributed by atoms with E-state index in [0.717, 1.165) is 51.6 Å². The van der Waals surface area contributed by atoms with E-state index in [1.54, 1.807) is 32.2 Å². The predicted octanol–water partition coefficient (Wildman–Crippen LogP) is 1.18. The number of Topliss-reactive ketones (excluding diaryl/α,β-unsaturated/α-hetero) is 1. The van der Waals surface area contributed by atoms with Gasteiger partial charge >= 0.3 is 47.5 Å². The number of hydrogen-bond acceptors (Lipinski definition) is 12. The smallest absolute Gasteiger partial charge is 0.463 e. The number of ether oxygens (including phenoxy) is 5. The minimum Gasteiger partial charge on any atom is -0.463 e. The maximum Gasteiger partial charge on any atom is 1.00 e. The van der Waals surface area contributed by atoms with Gasteiger partial charge in [-0.05, 0) is 81.9 Å². The summed E-state index contributed by atoms with van der Waals surface area (Å²) in [5, 5.41) is 0. The first-order valence-electron chi connectivity index (χ1n) is 14.6. The summed E-state index contributed by atoms with van der Waals surface area (Å²) in [4.78, 5) is 48.7. The zero-order chi connectivity index (χ0) is 31.6. The van der Waals surface area contributed by atoms with Crippen molar-refractivity contribution in [3.05, 3.63) is 35.4 Å². The van der Waals surface area contributed by atoms with Crippen LogP contribution in [0.25, 0.3) is 0 Å². The summed E-state index contributed by atoms with van der Waals surface area (Å²) in [7, 11) is -1.14. The molecule has 0 bridgehead atoms. The Labute approximate surface area is 282 Å². The minimum atomic E-state index is -2.86. The number of esters is 3. The van der Waals surface area contributed by atoms with E-state index in [0.29, 0.717) is 30.4 Å². The van der Waals surface area contributed by atoms with Crippen molar-refractivity contribution in [2.45, 2.75) is 58.3 Å². The molecule has 2 aliphatic rings. The van der Waals surface area contributed by atoms with E-state index in [4.69, 9.17) is 36.7 Å². The third kappa shape index (κ3) is 15.9. The predicted molar refractivity (Wildman–Crippen MR) is 154 cm³/mol. The SMILES string of the molecule is COCC1CCC(COC(=O)c2cccc(C(=O)OCCOCCOC(=O)C3CCCC(C(C)=O)C3)c2)CC1.O=[S-](=O)O.[Na+]. The van der Waals surface area contributed by atoms with Gasteiger partial charge in [-0.15, -0.1) is 0 Å². The molecular formula is C30H43NaO12S. The quantitative estimate of drug-likeness (QED) is 0.0582. The first-order chi connectivity index (χ1) is 20.6. The molecule has 2 aliphatic carbocycles. The third-order valence-electron chi connectivity index (χ3n) is 7.67. The topological polar surface area (TPSA) is 169 Å². The molecule has 0 heterocycles. The van der Waals surface area contributed by atoms with Crippen molar-refractivity contribution in [3.63, 3.8) is 0 Å². The van der Waals surface area contributed by atoms with Crippen LogP contribution in [-0.4, -0.2) is 75.0 Å². The van der Waals surface area contributed by atoms with Gasteiger partial charge in [0.05, 0.1) is 36.9 Å². The molecule has 12 nitrogen and oxygen atoms in total. The summed E-state index contributed by atoms with van der Waals surface area (Å²) in [6.07, 6.45) is 7.18. The van der Waals surface area contributed by atoms with Crippen LogP contribution >= 0.6 is 0 Å². The van der Waals surface area contributed by atoms with Crippen LogP contribution in [0.2, 0.25) is 0 Å². The van der Waals surface area contributed by atoms with Gasteiger partial charge in [-0.25, -0.2) is 9.59 Å². The second-order valence-electron chi connectivity index (χ2n) is 10.8. The van der Waals surface area contributed by atoms with Crippen molar-refractivity contribution < 1.29 is 85.4 Å². The molecule has 0 spiro atoms. The molecule has 2 atom stereocenters. The maximum atomic E-state index is 12.5. The van der Waals surface area contributed by atoms with Gasteiger partial charge in [0, 0.05) is 30.6 Å². The number of ketones is 1. The molecule has 2 saturated carbocycles. The van der Waals surface area contributed by atoms with Gasteiger partial charge in [-0.1, -0.05) is 12.5 Å². The molecule has 1 N–H and O–H groups in total. The van der Waals surface area contributed by atoms with Crippen LogP contribution in [0.1, 0.15) is 79.0 Å². The largest absolute Gasteiger partial charge is 1.00 e. The first kappa shape index (κ1) is 40.2. The average Bonchev–Trinajstić information content (AvgIpc) is 2.99. The molecule has 242 valence electrons. The minimum absolute atomic E-state index is 0. The third-order valence-corrected chi connectivity index (χ3v) is 7.67. The molecule has 0 aromatic heterocycles. The molecular weight excluding hydrogens is 607 g/mol. The number of methoxy groups -OCH3 is 1. The molecule has 0 radical (unpaired) electrons. The average molecular weight is 651 g/mol. The summed E-state index contributed by atoms with van der Waals surface area (Å²) in [6, 6.07) is 6.30. The van der Waals surface area contributed by atoms with E-state index < -0.39 is 22.9 Å². The zero-order valence-corrected chi connectivity index (χ0v) is 28.7. The van der Waals surface area contributed by atoms with E-state index in [1.165, 1.54) is 6.07 Å². The fourth-order valence-electron chi connectivity index (χ4n) is 5.32. The second kappa shape index (κ2) is 22.6. The molecule has 3 rings (SSSR count). The molecule has 0 aliphatic heterocycles.